The number of likely N-dealkylation sites (tertiary alicyclic amines) is 2. The Balaban J connectivity index is 1.50. The predicted octanol–water partition coefficient (Wildman–Crippen LogP) is 3.27. The van der Waals surface area contributed by atoms with Gasteiger partial charge in [-0.2, -0.15) is 0 Å². The summed E-state index contributed by atoms with van der Waals surface area (Å²) in [5.41, 5.74) is 1.75. The number of fused-ring (bicyclic) bond motifs is 1. The maximum Gasteiger partial charge on any atom is 0.254 e. The number of hydrogen-bond acceptors (Lipinski definition) is 3. The summed E-state index contributed by atoms with van der Waals surface area (Å²) in [6.07, 6.45) is 8.03. The van der Waals surface area contributed by atoms with Gasteiger partial charge in [-0.1, -0.05) is 30.3 Å². The van der Waals surface area contributed by atoms with E-state index in [4.69, 9.17) is 0 Å². The fourth-order valence-corrected chi connectivity index (χ4v) is 5.25. The Hall–Kier alpha value is -2.69. The normalized spacial score (nSPS) is 26.9. The molecule has 5 heteroatoms. The van der Waals surface area contributed by atoms with E-state index in [1.54, 1.807) is 24.5 Å². The summed E-state index contributed by atoms with van der Waals surface area (Å²) in [6.45, 7) is 2.36. The molecule has 3 fully saturated rings. The molecule has 1 aromatic carbocycles. The Kier molecular flexibility index (Phi) is 4.61. The molecular weight excluding hydrogens is 362 g/mol. The van der Waals surface area contributed by atoms with E-state index < -0.39 is 0 Å². The van der Waals surface area contributed by atoms with Gasteiger partial charge in [-0.15, -0.1) is 0 Å². The van der Waals surface area contributed by atoms with Gasteiger partial charge in [0.2, 0.25) is 5.91 Å². The summed E-state index contributed by atoms with van der Waals surface area (Å²) in [5, 5.41) is 0. The lowest BCUT2D eigenvalue weighted by Gasteiger charge is -2.36. The van der Waals surface area contributed by atoms with E-state index in [2.05, 4.69) is 34.1 Å². The van der Waals surface area contributed by atoms with Crippen molar-refractivity contribution in [2.45, 2.75) is 43.6 Å². The Morgan fingerprint density at radius 3 is 2.48 bits per heavy atom. The molecule has 2 atom stereocenters. The predicted molar refractivity (Wildman–Crippen MR) is 110 cm³/mol. The largest absolute Gasteiger partial charge is 0.342 e. The average molecular weight is 389 g/mol. The van der Waals surface area contributed by atoms with Crippen molar-refractivity contribution in [3.8, 4) is 0 Å². The third kappa shape index (κ3) is 3.33. The van der Waals surface area contributed by atoms with Crippen LogP contribution < -0.4 is 0 Å². The minimum Gasteiger partial charge on any atom is -0.342 e. The molecule has 150 valence electrons. The van der Waals surface area contributed by atoms with Crippen LogP contribution >= 0.6 is 0 Å². The number of rotatable bonds is 4. The highest BCUT2D eigenvalue weighted by molar-refractivity contribution is 5.95. The minimum atomic E-state index is -0.155. The van der Waals surface area contributed by atoms with Crippen molar-refractivity contribution in [2.24, 2.45) is 5.92 Å². The first-order valence-electron chi connectivity index (χ1n) is 10.7. The van der Waals surface area contributed by atoms with Gasteiger partial charge in [0.05, 0.1) is 6.04 Å². The smallest absolute Gasteiger partial charge is 0.254 e. The van der Waals surface area contributed by atoms with Crippen LogP contribution in [0.1, 0.15) is 48.0 Å². The number of carbonyl (C=O) groups is 2. The van der Waals surface area contributed by atoms with Gasteiger partial charge in [0, 0.05) is 49.4 Å². The van der Waals surface area contributed by atoms with Crippen LogP contribution in [0.5, 0.6) is 0 Å². The van der Waals surface area contributed by atoms with E-state index in [1.165, 1.54) is 18.4 Å². The van der Waals surface area contributed by atoms with Crippen LogP contribution in [0.25, 0.3) is 0 Å². The molecule has 1 aromatic heterocycles. The molecule has 3 aliphatic rings. The molecular formula is C24H27N3O2. The van der Waals surface area contributed by atoms with Crippen LogP contribution in [0.15, 0.2) is 54.9 Å². The SMILES string of the molecule is O=C1C[C@@H]2N(C(=O)c3ccncc3)CC[C@@]2(c2ccccc2)CCN1CC1CC1. The number of carbonyl (C=O) groups excluding carboxylic acids is 2. The second-order valence-electron chi connectivity index (χ2n) is 8.76. The van der Waals surface area contributed by atoms with Crippen molar-refractivity contribution in [2.75, 3.05) is 19.6 Å². The van der Waals surface area contributed by atoms with Crippen LogP contribution in [0.4, 0.5) is 0 Å². The monoisotopic (exact) mass is 389 g/mol. The lowest BCUT2D eigenvalue weighted by molar-refractivity contribution is -0.131. The zero-order chi connectivity index (χ0) is 19.8. The minimum absolute atomic E-state index is 0.0126. The highest BCUT2D eigenvalue weighted by Gasteiger charge is 2.52. The molecule has 0 radical (unpaired) electrons. The molecule has 2 saturated heterocycles. The molecule has 0 unspecified atom stereocenters. The van der Waals surface area contributed by atoms with Crippen LogP contribution in [-0.2, 0) is 10.2 Å². The third-order valence-electron chi connectivity index (χ3n) is 7.07. The van der Waals surface area contributed by atoms with E-state index in [1.807, 2.05) is 11.0 Å². The molecule has 29 heavy (non-hydrogen) atoms. The van der Waals surface area contributed by atoms with E-state index in [-0.39, 0.29) is 23.3 Å². The Morgan fingerprint density at radius 1 is 1.03 bits per heavy atom. The summed E-state index contributed by atoms with van der Waals surface area (Å²) < 4.78 is 0. The Labute approximate surface area is 171 Å². The van der Waals surface area contributed by atoms with Crippen LogP contribution in [0.3, 0.4) is 0 Å². The first-order chi connectivity index (χ1) is 14.2. The number of benzene rings is 1. The molecule has 0 bridgehead atoms. The van der Waals surface area contributed by atoms with Crippen molar-refractivity contribution in [3.05, 3.63) is 66.0 Å². The summed E-state index contributed by atoms with van der Waals surface area (Å²) in [4.78, 5) is 34.6. The zero-order valence-electron chi connectivity index (χ0n) is 16.7. The third-order valence-corrected chi connectivity index (χ3v) is 7.07. The quantitative estimate of drug-likeness (QED) is 0.807. The van der Waals surface area contributed by atoms with Gasteiger partial charge < -0.3 is 9.80 Å². The van der Waals surface area contributed by atoms with E-state index in [9.17, 15) is 9.59 Å². The molecule has 2 amide bonds. The Bertz CT molecular complexity index is 897. The van der Waals surface area contributed by atoms with Crippen LogP contribution in [0, 0.1) is 5.92 Å². The maximum atomic E-state index is 13.3. The van der Waals surface area contributed by atoms with Crippen molar-refractivity contribution in [3.63, 3.8) is 0 Å². The van der Waals surface area contributed by atoms with Crippen molar-refractivity contribution in [1.82, 2.24) is 14.8 Å². The maximum absolute atomic E-state index is 13.3. The topological polar surface area (TPSA) is 53.5 Å². The number of aromatic nitrogens is 1. The molecule has 5 rings (SSSR count). The van der Waals surface area contributed by atoms with Gasteiger partial charge in [-0.25, -0.2) is 0 Å². The number of hydrogen-bond donors (Lipinski definition) is 0. The fraction of sp³-hybridized carbons (Fsp3) is 0.458. The van der Waals surface area contributed by atoms with Crippen LogP contribution in [0.2, 0.25) is 0 Å². The molecule has 3 heterocycles. The summed E-state index contributed by atoms with van der Waals surface area (Å²) in [6, 6.07) is 14.0. The first kappa shape index (κ1) is 18.3. The van der Waals surface area contributed by atoms with Gasteiger partial charge in [-0.05, 0) is 49.3 Å². The second kappa shape index (κ2) is 7.29. The molecule has 1 saturated carbocycles. The lowest BCUT2D eigenvalue weighted by atomic mass is 9.71. The van der Waals surface area contributed by atoms with Gasteiger partial charge >= 0.3 is 0 Å². The summed E-state index contributed by atoms with van der Waals surface area (Å²) in [5.74, 6) is 0.895. The summed E-state index contributed by atoms with van der Waals surface area (Å²) in [7, 11) is 0. The first-order valence-corrected chi connectivity index (χ1v) is 10.7. The van der Waals surface area contributed by atoms with Crippen molar-refractivity contribution in [1.29, 1.82) is 0 Å². The van der Waals surface area contributed by atoms with E-state index in [0.717, 1.165) is 25.9 Å². The molecule has 0 spiro atoms. The zero-order valence-corrected chi connectivity index (χ0v) is 16.7. The molecule has 5 nitrogen and oxygen atoms in total. The van der Waals surface area contributed by atoms with Crippen molar-refractivity contribution >= 4 is 11.8 Å². The van der Waals surface area contributed by atoms with Crippen molar-refractivity contribution < 1.29 is 9.59 Å². The molecule has 1 aliphatic carbocycles. The summed E-state index contributed by atoms with van der Waals surface area (Å²) >= 11 is 0. The average Bonchev–Trinajstić information content (AvgIpc) is 3.54. The number of pyridine rings is 1. The highest BCUT2D eigenvalue weighted by atomic mass is 16.2. The molecule has 2 aromatic rings. The number of amides is 2. The van der Waals surface area contributed by atoms with E-state index in [0.29, 0.717) is 24.4 Å². The number of nitrogens with zero attached hydrogens (tertiary/aromatic N) is 3. The van der Waals surface area contributed by atoms with E-state index >= 15 is 0 Å². The Morgan fingerprint density at radius 2 is 1.76 bits per heavy atom. The lowest BCUT2D eigenvalue weighted by Crippen LogP contribution is -2.45. The molecule has 2 aliphatic heterocycles. The molecule has 0 N–H and O–H groups in total. The van der Waals surface area contributed by atoms with Crippen LogP contribution in [-0.4, -0.2) is 52.3 Å². The highest BCUT2D eigenvalue weighted by Crippen LogP contribution is 2.47. The van der Waals surface area contributed by atoms with Gasteiger partial charge in [0.1, 0.15) is 0 Å². The second-order valence-corrected chi connectivity index (χ2v) is 8.76. The van der Waals surface area contributed by atoms with Gasteiger partial charge in [0.25, 0.3) is 5.91 Å². The van der Waals surface area contributed by atoms with Gasteiger partial charge in [-0.3, -0.25) is 14.6 Å². The standard InChI is InChI=1S/C24H27N3O2/c28-22-16-21-24(20-4-2-1-3-5-20,10-14-26(22)17-18-6-7-18)11-15-27(21)23(29)19-8-12-25-13-9-19/h1-5,8-9,12-13,18,21H,6-7,10-11,14-17H2/t21-,24+/m0/s1. The van der Waals surface area contributed by atoms with Gasteiger partial charge in [0.15, 0.2) is 0 Å². The fourth-order valence-electron chi connectivity index (χ4n) is 5.25.